The number of nitrogens with one attached hydrogen (secondary N) is 3. The van der Waals surface area contributed by atoms with E-state index in [-0.39, 0.29) is 75.5 Å². The highest BCUT2D eigenvalue weighted by Crippen LogP contribution is 2.48. The molecule has 6 heterocycles. The number of aromatic amines is 1. The summed E-state index contributed by atoms with van der Waals surface area (Å²) in [6, 6.07) is 16.4. The number of halogens is 1. The van der Waals surface area contributed by atoms with Crippen LogP contribution in [0.4, 0.5) is 26.2 Å². The third-order valence-electron chi connectivity index (χ3n) is 15.7. The topological polar surface area (TPSA) is 239 Å². The number of anilines is 2. The predicted molar refractivity (Wildman–Crippen MR) is 264 cm³/mol. The zero-order valence-electron chi connectivity index (χ0n) is 40.0. The Hall–Kier alpha value is -6.51. The van der Waals surface area contributed by atoms with E-state index in [0.717, 1.165) is 50.2 Å². The first-order valence-corrected chi connectivity index (χ1v) is 25.9. The molecule has 5 aromatic rings. The summed E-state index contributed by atoms with van der Waals surface area (Å²) in [5.74, 6) is -1.05. The van der Waals surface area contributed by atoms with Crippen molar-refractivity contribution >= 4 is 50.1 Å². The summed E-state index contributed by atoms with van der Waals surface area (Å²) in [5, 5.41) is 26.2. The van der Waals surface area contributed by atoms with Crippen LogP contribution in [0, 0.1) is 27.3 Å². The van der Waals surface area contributed by atoms with Gasteiger partial charge in [-0.3, -0.25) is 19.8 Å². The average molecular weight is 994 g/mol. The third-order valence-corrected chi connectivity index (χ3v) is 17.1. The lowest BCUT2D eigenvalue weighted by Gasteiger charge is -2.59. The van der Waals surface area contributed by atoms with Gasteiger partial charge in [0.1, 0.15) is 29.6 Å². The zero-order chi connectivity index (χ0) is 50.0. The van der Waals surface area contributed by atoms with E-state index in [1.165, 1.54) is 35.7 Å². The molecule has 1 unspecified atom stereocenters. The maximum Gasteiger partial charge on any atom is 0.314 e. The Kier molecular flexibility index (Phi) is 12.6. The van der Waals surface area contributed by atoms with Crippen molar-refractivity contribution in [3.8, 4) is 17.2 Å². The summed E-state index contributed by atoms with van der Waals surface area (Å²) < 4.78 is 57.0. The van der Waals surface area contributed by atoms with Gasteiger partial charge in [-0.1, -0.05) is 38.1 Å². The van der Waals surface area contributed by atoms with Crippen LogP contribution >= 0.6 is 0 Å². The van der Waals surface area contributed by atoms with Crippen LogP contribution < -0.4 is 30.1 Å². The number of carbonyl (C=O) groups is 2. The van der Waals surface area contributed by atoms with Crippen molar-refractivity contribution in [3.05, 3.63) is 106 Å². The van der Waals surface area contributed by atoms with Gasteiger partial charge in [0, 0.05) is 81.3 Å². The number of H-pyrrole nitrogens is 1. The molecule has 3 aromatic carbocycles. The molecule has 3 amide bonds. The molecule has 4 aliphatic heterocycles. The van der Waals surface area contributed by atoms with Gasteiger partial charge >= 0.3 is 6.03 Å². The van der Waals surface area contributed by atoms with E-state index in [1.807, 2.05) is 0 Å². The summed E-state index contributed by atoms with van der Waals surface area (Å²) in [4.78, 5) is 51.2. The number of ether oxygens (including phenoxy) is 2. The number of nitrogens with zero attached hydrogens (tertiary/aromatic N) is 5. The summed E-state index contributed by atoms with van der Waals surface area (Å²) >= 11 is 0. The second-order valence-electron chi connectivity index (χ2n) is 20.8. The summed E-state index contributed by atoms with van der Waals surface area (Å²) in [7, 11) is -4.74. The molecule has 376 valence electrons. The molecule has 4 fully saturated rings. The Morgan fingerprint density at radius 1 is 1.04 bits per heavy atom. The first kappa shape index (κ1) is 48.1. The molecule has 0 bridgehead atoms. The number of aromatic nitrogens is 2. The monoisotopic (exact) mass is 993 g/mol. The molecule has 3 saturated heterocycles. The molecule has 5 aliphatic rings. The average Bonchev–Trinajstić information content (AvgIpc) is 3.71. The minimum atomic E-state index is -4.74. The number of rotatable bonds is 11. The number of nitrogens with two attached hydrogens (primary N) is 1. The number of nitro groups is 1. The number of pyridine rings is 1. The smallest absolute Gasteiger partial charge is 0.314 e. The highest BCUT2D eigenvalue weighted by atomic mass is 32.2. The van der Waals surface area contributed by atoms with Crippen molar-refractivity contribution in [3.63, 3.8) is 0 Å². The molecule has 1 spiro atoms. The first-order chi connectivity index (χ1) is 33.9. The Morgan fingerprint density at radius 3 is 2.51 bits per heavy atom. The van der Waals surface area contributed by atoms with Crippen LogP contribution in [0.15, 0.2) is 78.0 Å². The minimum Gasteiger partial charge on any atom is -0.489 e. The number of sulfonamides is 1. The van der Waals surface area contributed by atoms with Gasteiger partial charge < -0.3 is 40.4 Å². The molecular formula is C51H60FN9O9S. The van der Waals surface area contributed by atoms with Crippen molar-refractivity contribution in [2.24, 2.45) is 17.1 Å². The third kappa shape index (κ3) is 9.56. The van der Waals surface area contributed by atoms with Crippen LogP contribution in [0.2, 0.25) is 0 Å². The number of benzene rings is 3. The molecule has 10 rings (SSSR count). The maximum absolute atomic E-state index is 14.7. The van der Waals surface area contributed by atoms with E-state index in [1.54, 1.807) is 24.0 Å². The number of fused-ring (bicyclic) bond motifs is 2. The van der Waals surface area contributed by atoms with Crippen molar-refractivity contribution in [1.29, 1.82) is 0 Å². The Morgan fingerprint density at radius 2 is 1.79 bits per heavy atom. The summed E-state index contributed by atoms with van der Waals surface area (Å²) in [5.41, 5.74) is 8.06. The number of likely N-dealkylation sites (tertiary alicyclic amines) is 2. The standard InChI is InChI=1S/C51H60FN9O9S/c1-30(2)35-6-4-5-7-36(35)39-26-59(49(53)63)17-12-42(39)60-28-51(29-60)15-18-58(19-16-51)32-8-9-37(44(20-32)70-33-21-38-40(52)25-55-47(38)54-24-33)48(62)57-71(67,68)34-22-43(61(65)66)46-45(23-34)69-27-41(56-46)31-10-13-50(3,64)14-11-31/h4-9,20-25,30-31,39,41-42,56,64H,10-19,26-29H2,1-3H3,(H2,53,63)(H,54,55)(H,57,62)/t31?,39-,41?,42-,50?/m1/s1. The molecule has 18 nitrogen and oxygen atoms in total. The normalized spacial score (nSPS) is 24.4. The molecular weight excluding hydrogens is 934 g/mol. The molecule has 1 aliphatic carbocycles. The van der Waals surface area contributed by atoms with Gasteiger partial charge in [-0.2, -0.15) is 0 Å². The fourth-order valence-electron chi connectivity index (χ4n) is 11.7. The van der Waals surface area contributed by atoms with Crippen LogP contribution in [-0.2, 0) is 10.0 Å². The zero-order valence-corrected chi connectivity index (χ0v) is 40.8. The fourth-order valence-corrected chi connectivity index (χ4v) is 12.7. The molecule has 3 atom stereocenters. The second-order valence-corrected chi connectivity index (χ2v) is 22.5. The number of carbonyl (C=O) groups excluding carboxylic acids is 2. The van der Waals surface area contributed by atoms with E-state index < -0.39 is 48.9 Å². The number of piperidine rings is 2. The van der Waals surface area contributed by atoms with Gasteiger partial charge in [-0.15, -0.1) is 0 Å². The molecule has 0 radical (unpaired) electrons. The summed E-state index contributed by atoms with van der Waals surface area (Å²) in [6.07, 6.45) is 7.69. The van der Waals surface area contributed by atoms with E-state index in [0.29, 0.717) is 57.8 Å². The number of nitro benzene ring substituents is 1. The lowest BCUT2D eigenvalue weighted by Crippen LogP contribution is -2.66. The molecule has 20 heteroatoms. The number of urea groups is 1. The Balaban J connectivity index is 0.865. The van der Waals surface area contributed by atoms with Gasteiger partial charge in [0.05, 0.1) is 38.6 Å². The molecule has 2 aromatic heterocycles. The van der Waals surface area contributed by atoms with Gasteiger partial charge in [-0.05, 0) is 98.4 Å². The van der Waals surface area contributed by atoms with E-state index >= 15 is 0 Å². The van der Waals surface area contributed by atoms with Gasteiger partial charge in [-0.25, -0.2) is 27.3 Å². The fraction of sp³-hybridized carbons (Fsp3) is 0.471. The molecule has 71 heavy (non-hydrogen) atoms. The highest BCUT2D eigenvalue weighted by Gasteiger charge is 2.50. The predicted octanol–water partition coefficient (Wildman–Crippen LogP) is 7.60. The molecule has 1 saturated carbocycles. The second kappa shape index (κ2) is 18.6. The van der Waals surface area contributed by atoms with Crippen LogP contribution in [0.3, 0.4) is 0 Å². The van der Waals surface area contributed by atoms with Crippen molar-refractivity contribution in [2.75, 3.05) is 56.1 Å². The van der Waals surface area contributed by atoms with Gasteiger partial charge in [0.25, 0.3) is 21.6 Å². The van der Waals surface area contributed by atoms with Gasteiger partial charge in [0.2, 0.25) is 0 Å². The Labute approximate surface area is 411 Å². The van der Waals surface area contributed by atoms with Crippen LogP contribution in [0.1, 0.15) is 99.0 Å². The number of primary amides is 1. The van der Waals surface area contributed by atoms with Crippen LogP contribution in [0.25, 0.3) is 11.0 Å². The van der Waals surface area contributed by atoms with Crippen molar-refractivity contribution < 1.29 is 41.9 Å². The SMILES string of the molecule is CC(C)c1ccccc1[C@H]1CN(C(N)=O)CC[C@H]1N1CC2(CCN(c3ccc(C(=O)NS(=O)(=O)c4cc5c(c([N+](=O)[O-])c4)NC(C4CCC(C)(O)CC4)CO5)c(Oc4cnc5[nH]cc(F)c5c4)c3)CC2)C1. The quantitative estimate of drug-likeness (QED) is 0.0634. The largest absolute Gasteiger partial charge is 0.489 e. The number of aliphatic hydroxyl groups is 1. The molecule has 6 N–H and O–H groups in total. The summed E-state index contributed by atoms with van der Waals surface area (Å²) in [6.45, 7) is 10.7. The number of hydrogen-bond donors (Lipinski definition) is 5. The lowest BCUT2D eigenvalue weighted by molar-refractivity contribution is -0.384. The number of amides is 3. The van der Waals surface area contributed by atoms with E-state index in [4.69, 9.17) is 15.2 Å². The Bertz CT molecular complexity index is 2990. The van der Waals surface area contributed by atoms with Crippen LogP contribution in [0.5, 0.6) is 17.2 Å². The first-order valence-electron chi connectivity index (χ1n) is 24.4. The van der Waals surface area contributed by atoms with Crippen molar-refractivity contribution in [2.45, 2.75) is 100 Å². The van der Waals surface area contributed by atoms with E-state index in [2.05, 4.69) is 67.9 Å². The number of hydrogen-bond acceptors (Lipinski definition) is 13. The van der Waals surface area contributed by atoms with Crippen molar-refractivity contribution in [1.82, 2.24) is 24.5 Å². The lowest BCUT2D eigenvalue weighted by atomic mass is 9.69. The van der Waals surface area contributed by atoms with Gasteiger partial charge in [0.15, 0.2) is 11.4 Å². The highest BCUT2D eigenvalue weighted by molar-refractivity contribution is 7.90. The van der Waals surface area contributed by atoms with Crippen LogP contribution in [-0.4, -0.2) is 114 Å². The maximum atomic E-state index is 14.7. The minimum absolute atomic E-state index is 0.0170. The van der Waals surface area contributed by atoms with E-state index in [9.17, 15) is 37.6 Å².